The van der Waals surface area contributed by atoms with Gasteiger partial charge in [0, 0.05) is 10.0 Å². The van der Waals surface area contributed by atoms with Crippen molar-refractivity contribution in [1.82, 2.24) is 0 Å². The second-order valence-corrected chi connectivity index (χ2v) is 6.04. The van der Waals surface area contributed by atoms with E-state index in [-0.39, 0.29) is 11.7 Å². The number of rotatable bonds is 3. The van der Waals surface area contributed by atoms with Crippen molar-refractivity contribution in [3.63, 3.8) is 0 Å². The number of hydrogen-bond donors (Lipinski definition) is 2. The molecule has 23 heavy (non-hydrogen) atoms. The first-order valence-electron chi connectivity index (χ1n) is 7.07. The normalized spacial score (nSPS) is 10.5. The van der Waals surface area contributed by atoms with Crippen molar-refractivity contribution in [3.05, 3.63) is 70.4 Å². The van der Waals surface area contributed by atoms with Crippen LogP contribution >= 0.6 is 15.9 Å². The summed E-state index contributed by atoms with van der Waals surface area (Å²) in [4.78, 5) is 12.3. The summed E-state index contributed by atoms with van der Waals surface area (Å²) in [6.07, 6.45) is 0. The average Bonchev–Trinajstić information content (AvgIpc) is 3.00. The molecule has 4 nitrogen and oxygen atoms in total. The van der Waals surface area contributed by atoms with Gasteiger partial charge < -0.3 is 15.5 Å². The van der Waals surface area contributed by atoms with E-state index in [4.69, 9.17) is 10.2 Å². The lowest BCUT2D eigenvalue weighted by atomic mass is 10.2. The number of anilines is 2. The van der Waals surface area contributed by atoms with Gasteiger partial charge in [0.05, 0.1) is 11.4 Å². The molecule has 116 valence electrons. The fraction of sp³-hybridized carbons (Fsp3) is 0.0556. The number of nitrogens with two attached hydrogens (primary N) is 1. The molecule has 0 atom stereocenters. The van der Waals surface area contributed by atoms with E-state index < -0.39 is 0 Å². The Morgan fingerprint density at radius 1 is 1.13 bits per heavy atom. The van der Waals surface area contributed by atoms with Gasteiger partial charge in [-0.2, -0.15) is 0 Å². The highest BCUT2D eigenvalue weighted by molar-refractivity contribution is 9.10. The van der Waals surface area contributed by atoms with Crippen LogP contribution in [0.15, 0.2) is 63.5 Å². The van der Waals surface area contributed by atoms with Crippen LogP contribution in [0.2, 0.25) is 0 Å². The van der Waals surface area contributed by atoms with Gasteiger partial charge in [-0.1, -0.05) is 40.2 Å². The minimum Gasteiger partial charge on any atom is -0.451 e. The van der Waals surface area contributed by atoms with E-state index in [1.807, 2.05) is 43.3 Å². The Morgan fingerprint density at radius 3 is 2.65 bits per heavy atom. The van der Waals surface area contributed by atoms with Crippen molar-refractivity contribution >= 4 is 33.2 Å². The summed E-state index contributed by atoms with van der Waals surface area (Å²) in [6, 6.07) is 16.6. The van der Waals surface area contributed by atoms with Crippen molar-refractivity contribution in [2.75, 3.05) is 11.1 Å². The molecule has 0 spiro atoms. The summed E-state index contributed by atoms with van der Waals surface area (Å²) in [5.74, 6) is 0.522. The highest BCUT2D eigenvalue weighted by atomic mass is 79.9. The maximum absolute atomic E-state index is 12.3. The van der Waals surface area contributed by atoms with E-state index in [1.165, 1.54) is 0 Å². The number of carbonyl (C=O) groups is 1. The first-order valence-corrected chi connectivity index (χ1v) is 7.86. The molecule has 0 saturated carbocycles. The Kier molecular flexibility index (Phi) is 4.21. The fourth-order valence-electron chi connectivity index (χ4n) is 2.25. The summed E-state index contributed by atoms with van der Waals surface area (Å²) in [5.41, 5.74) is 8.93. The first-order chi connectivity index (χ1) is 11.0. The van der Waals surface area contributed by atoms with Gasteiger partial charge in [-0.3, -0.25) is 4.79 Å². The molecular weight excluding hydrogens is 356 g/mol. The number of hydrogen-bond acceptors (Lipinski definition) is 3. The van der Waals surface area contributed by atoms with Crippen molar-refractivity contribution in [2.24, 2.45) is 0 Å². The Labute approximate surface area is 142 Å². The largest absolute Gasteiger partial charge is 0.451 e. The molecule has 0 bridgehead atoms. The van der Waals surface area contributed by atoms with Crippen molar-refractivity contribution < 1.29 is 9.21 Å². The highest BCUT2D eigenvalue weighted by Gasteiger charge is 2.14. The zero-order valence-electron chi connectivity index (χ0n) is 12.5. The Morgan fingerprint density at radius 2 is 1.91 bits per heavy atom. The van der Waals surface area contributed by atoms with Gasteiger partial charge in [0.15, 0.2) is 5.76 Å². The molecular formula is C18H15BrN2O2. The van der Waals surface area contributed by atoms with E-state index in [9.17, 15) is 4.79 Å². The zero-order valence-corrected chi connectivity index (χ0v) is 14.1. The first kappa shape index (κ1) is 15.4. The standard InChI is InChI=1S/C18H15BrN2O2/c1-11-6-7-15(14(20)10-11)21-18(22)17-9-8-16(23-17)12-4-2-3-5-13(12)19/h2-10H,20H2,1H3,(H,21,22). The zero-order chi connectivity index (χ0) is 16.4. The number of amides is 1. The van der Waals surface area contributed by atoms with Gasteiger partial charge in [0.1, 0.15) is 5.76 Å². The number of benzene rings is 2. The molecule has 0 aliphatic carbocycles. The van der Waals surface area contributed by atoms with Crippen LogP contribution in [0.4, 0.5) is 11.4 Å². The maximum Gasteiger partial charge on any atom is 0.291 e. The summed E-state index contributed by atoms with van der Waals surface area (Å²) in [5, 5.41) is 2.76. The molecule has 0 unspecified atom stereocenters. The molecule has 2 aromatic carbocycles. The van der Waals surface area contributed by atoms with Gasteiger partial charge >= 0.3 is 0 Å². The predicted molar refractivity (Wildman–Crippen MR) is 95.4 cm³/mol. The van der Waals surface area contributed by atoms with Crippen LogP contribution in [-0.2, 0) is 0 Å². The van der Waals surface area contributed by atoms with Gasteiger partial charge in [0.25, 0.3) is 5.91 Å². The molecule has 3 N–H and O–H groups in total. The van der Waals surface area contributed by atoms with Gasteiger partial charge in [-0.05, 0) is 42.8 Å². The summed E-state index contributed by atoms with van der Waals surface area (Å²) in [7, 11) is 0. The molecule has 1 heterocycles. The van der Waals surface area contributed by atoms with E-state index >= 15 is 0 Å². The molecule has 1 amide bonds. The predicted octanol–water partition coefficient (Wildman–Crippen LogP) is 4.85. The fourth-order valence-corrected chi connectivity index (χ4v) is 2.73. The topological polar surface area (TPSA) is 68.3 Å². The third-order valence-electron chi connectivity index (χ3n) is 3.42. The van der Waals surface area contributed by atoms with Gasteiger partial charge in [-0.25, -0.2) is 0 Å². The van der Waals surface area contributed by atoms with Crippen LogP contribution in [0.3, 0.4) is 0 Å². The second kappa shape index (κ2) is 6.30. The van der Waals surface area contributed by atoms with Crippen LogP contribution in [0.1, 0.15) is 16.1 Å². The van der Waals surface area contributed by atoms with Crippen molar-refractivity contribution in [2.45, 2.75) is 6.92 Å². The number of furan rings is 1. The number of nitrogens with one attached hydrogen (secondary N) is 1. The summed E-state index contributed by atoms with van der Waals surface area (Å²) < 4.78 is 6.57. The Hall–Kier alpha value is -2.53. The number of halogens is 1. The maximum atomic E-state index is 12.3. The average molecular weight is 371 g/mol. The molecule has 0 radical (unpaired) electrons. The molecule has 0 aliphatic rings. The van der Waals surface area contributed by atoms with E-state index in [2.05, 4.69) is 21.2 Å². The third-order valence-corrected chi connectivity index (χ3v) is 4.12. The lowest BCUT2D eigenvalue weighted by Crippen LogP contribution is -2.12. The van der Waals surface area contributed by atoms with E-state index in [0.717, 1.165) is 15.6 Å². The van der Waals surface area contributed by atoms with Crippen LogP contribution in [0.25, 0.3) is 11.3 Å². The highest BCUT2D eigenvalue weighted by Crippen LogP contribution is 2.29. The van der Waals surface area contributed by atoms with Crippen molar-refractivity contribution in [3.8, 4) is 11.3 Å². The van der Waals surface area contributed by atoms with Crippen molar-refractivity contribution in [1.29, 1.82) is 0 Å². The Bertz CT molecular complexity index is 871. The van der Waals surface area contributed by atoms with Crippen LogP contribution in [0, 0.1) is 6.92 Å². The summed E-state index contributed by atoms with van der Waals surface area (Å²) in [6.45, 7) is 1.94. The molecule has 0 aliphatic heterocycles. The number of nitrogen functional groups attached to an aromatic ring is 1. The molecule has 0 saturated heterocycles. The minimum absolute atomic E-state index is 0.232. The second-order valence-electron chi connectivity index (χ2n) is 5.19. The van der Waals surface area contributed by atoms with Crippen LogP contribution in [0.5, 0.6) is 0 Å². The number of aryl methyl sites for hydroxylation is 1. The number of carbonyl (C=O) groups excluding carboxylic acids is 1. The lowest BCUT2D eigenvalue weighted by molar-refractivity contribution is 0.0997. The van der Waals surface area contributed by atoms with Crippen LogP contribution < -0.4 is 11.1 Å². The van der Waals surface area contributed by atoms with Gasteiger partial charge in [0.2, 0.25) is 0 Å². The van der Waals surface area contributed by atoms with E-state index in [1.54, 1.807) is 18.2 Å². The molecule has 5 heteroatoms. The SMILES string of the molecule is Cc1ccc(NC(=O)c2ccc(-c3ccccc3Br)o2)c(N)c1. The van der Waals surface area contributed by atoms with Gasteiger partial charge in [-0.15, -0.1) is 0 Å². The smallest absolute Gasteiger partial charge is 0.291 e. The monoisotopic (exact) mass is 370 g/mol. The Balaban J connectivity index is 1.83. The third kappa shape index (κ3) is 3.29. The molecule has 1 aromatic heterocycles. The summed E-state index contributed by atoms with van der Waals surface area (Å²) >= 11 is 3.47. The molecule has 3 aromatic rings. The lowest BCUT2D eigenvalue weighted by Gasteiger charge is -2.07. The van der Waals surface area contributed by atoms with E-state index in [0.29, 0.717) is 17.1 Å². The molecule has 3 rings (SSSR count). The molecule has 0 fully saturated rings. The minimum atomic E-state index is -0.334. The van der Waals surface area contributed by atoms with Crippen LogP contribution in [-0.4, -0.2) is 5.91 Å². The quantitative estimate of drug-likeness (QED) is 0.647.